The first-order valence-corrected chi connectivity index (χ1v) is 11.2. The Morgan fingerprint density at radius 2 is 1.85 bits per heavy atom. The largest absolute Gasteiger partial charge is 0.454 e. The van der Waals surface area contributed by atoms with Gasteiger partial charge in [0.15, 0.2) is 22.9 Å². The van der Waals surface area contributed by atoms with Crippen LogP contribution in [0.2, 0.25) is 0 Å². The summed E-state index contributed by atoms with van der Waals surface area (Å²) in [5, 5.41) is 11.5. The summed E-state index contributed by atoms with van der Waals surface area (Å²) in [5.41, 5.74) is 0.762. The van der Waals surface area contributed by atoms with Crippen LogP contribution in [0.5, 0.6) is 11.5 Å². The van der Waals surface area contributed by atoms with E-state index in [1.807, 2.05) is 36.4 Å². The Morgan fingerprint density at radius 3 is 2.67 bits per heavy atom. The maximum atomic E-state index is 13.4. The van der Waals surface area contributed by atoms with Crippen molar-refractivity contribution in [2.75, 3.05) is 11.7 Å². The molecule has 0 aromatic heterocycles. The van der Waals surface area contributed by atoms with Gasteiger partial charge in [-0.1, -0.05) is 58.4 Å². The molecule has 0 spiro atoms. The van der Waals surface area contributed by atoms with Crippen LogP contribution in [0, 0.1) is 0 Å². The van der Waals surface area contributed by atoms with Gasteiger partial charge < -0.3 is 19.5 Å². The number of hydrogen-bond donors (Lipinski definition) is 1. The van der Waals surface area contributed by atoms with E-state index < -0.39 is 11.5 Å². The first-order chi connectivity index (χ1) is 15.9. The minimum Gasteiger partial charge on any atom is -0.454 e. The smallest absolute Gasteiger partial charge is 0.264 e. The second-order valence-electron chi connectivity index (χ2n) is 7.99. The van der Waals surface area contributed by atoms with Crippen molar-refractivity contribution in [2.45, 2.75) is 18.6 Å². The molecule has 3 aromatic carbocycles. The van der Waals surface area contributed by atoms with Gasteiger partial charge >= 0.3 is 0 Å². The average Bonchev–Trinajstić information content (AvgIpc) is 3.36. The molecule has 1 amide bonds. The molecular weight excluding hydrogens is 486 g/mol. The lowest BCUT2D eigenvalue weighted by Crippen LogP contribution is -2.41. The van der Waals surface area contributed by atoms with Gasteiger partial charge in [0.25, 0.3) is 5.91 Å². The number of hydrogen-bond acceptors (Lipinski definition) is 5. The van der Waals surface area contributed by atoms with Crippen LogP contribution in [0.25, 0.3) is 6.08 Å². The van der Waals surface area contributed by atoms with Crippen molar-refractivity contribution in [2.24, 2.45) is 0 Å². The topological polar surface area (TPSA) is 76.1 Å². The molecule has 3 aromatic rings. The summed E-state index contributed by atoms with van der Waals surface area (Å²) in [7, 11) is 0. The quantitative estimate of drug-likeness (QED) is 0.496. The van der Waals surface area contributed by atoms with E-state index in [-0.39, 0.29) is 19.0 Å². The molecule has 0 fully saturated rings. The summed E-state index contributed by atoms with van der Waals surface area (Å²) in [6.07, 6.45) is 2.65. The molecule has 2 aliphatic rings. The second-order valence-corrected chi connectivity index (χ2v) is 8.90. The molecule has 33 heavy (non-hydrogen) atoms. The third-order valence-electron chi connectivity index (χ3n) is 5.77. The van der Waals surface area contributed by atoms with Crippen molar-refractivity contribution >= 4 is 39.4 Å². The van der Waals surface area contributed by atoms with Gasteiger partial charge in [0.1, 0.15) is 0 Å². The number of rotatable bonds is 6. The summed E-state index contributed by atoms with van der Waals surface area (Å²) in [5.74, 6) is 0.398. The maximum absolute atomic E-state index is 13.4. The van der Waals surface area contributed by atoms with E-state index in [2.05, 4.69) is 15.9 Å². The van der Waals surface area contributed by atoms with Crippen LogP contribution in [-0.4, -0.2) is 23.6 Å². The molecule has 6 nitrogen and oxygen atoms in total. The zero-order valence-corrected chi connectivity index (χ0v) is 19.1. The van der Waals surface area contributed by atoms with Gasteiger partial charge in [-0.2, -0.15) is 0 Å². The number of fused-ring (bicyclic) bond motifs is 2. The summed E-state index contributed by atoms with van der Waals surface area (Å²) >= 11 is 3.41. The fourth-order valence-electron chi connectivity index (χ4n) is 4.13. The molecule has 0 aliphatic carbocycles. The number of allylic oxidation sites excluding steroid dienone is 1. The van der Waals surface area contributed by atoms with E-state index >= 15 is 0 Å². The van der Waals surface area contributed by atoms with Gasteiger partial charge in [-0.25, -0.2) is 0 Å². The van der Waals surface area contributed by atoms with E-state index in [0.29, 0.717) is 29.3 Å². The predicted molar refractivity (Wildman–Crippen MR) is 127 cm³/mol. The molecule has 5 rings (SSSR count). The monoisotopic (exact) mass is 505 g/mol. The number of nitrogens with zero attached hydrogens (tertiary/aromatic N) is 1. The molecule has 0 unspecified atom stereocenters. The first-order valence-electron chi connectivity index (χ1n) is 10.4. The highest BCUT2D eigenvalue weighted by atomic mass is 79.9. The summed E-state index contributed by atoms with van der Waals surface area (Å²) in [4.78, 5) is 27.8. The minimum atomic E-state index is -1.94. The Balaban J connectivity index is 1.40. The van der Waals surface area contributed by atoms with Gasteiger partial charge in [-0.05, 0) is 47.5 Å². The van der Waals surface area contributed by atoms with Crippen LogP contribution >= 0.6 is 15.9 Å². The lowest BCUT2D eigenvalue weighted by atomic mass is 9.89. The summed E-state index contributed by atoms with van der Waals surface area (Å²) < 4.78 is 11.4. The molecule has 2 aliphatic heterocycles. The lowest BCUT2D eigenvalue weighted by Gasteiger charge is -2.22. The predicted octanol–water partition coefficient (Wildman–Crippen LogP) is 4.58. The number of aliphatic hydroxyl groups is 1. The van der Waals surface area contributed by atoms with Gasteiger partial charge in [0.05, 0.1) is 18.7 Å². The van der Waals surface area contributed by atoms with Crippen LogP contribution in [0.1, 0.15) is 23.1 Å². The molecule has 0 saturated heterocycles. The Kier molecular flexibility index (Phi) is 5.52. The van der Waals surface area contributed by atoms with Crippen LogP contribution in [0.3, 0.4) is 0 Å². The standard InChI is InChI=1S/C26H20BrNO5/c27-19-8-10-22-21(13-19)26(31,25(30)28(22)15-18-4-2-1-3-5-18)14-20(29)9-6-17-7-11-23-24(12-17)33-16-32-23/h1-13,31H,14-16H2/b9-6+/t26-/m1/s1. The van der Waals surface area contributed by atoms with E-state index in [0.717, 1.165) is 15.6 Å². The number of halogens is 1. The number of carbonyl (C=O) groups excluding carboxylic acids is 2. The Morgan fingerprint density at radius 1 is 1.06 bits per heavy atom. The Labute approximate surface area is 199 Å². The second kappa shape index (κ2) is 8.50. The number of amides is 1. The van der Waals surface area contributed by atoms with Crippen molar-refractivity contribution in [3.05, 3.63) is 94.0 Å². The highest BCUT2D eigenvalue weighted by Gasteiger charge is 2.50. The minimum absolute atomic E-state index is 0.172. The fraction of sp³-hybridized carbons (Fsp3) is 0.154. The molecule has 1 N–H and O–H groups in total. The molecule has 0 bridgehead atoms. The molecule has 1 atom stereocenters. The highest BCUT2D eigenvalue weighted by molar-refractivity contribution is 9.10. The average molecular weight is 506 g/mol. The zero-order chi connectivity index (χ0) is 23.0. The SMILES string of the molecule is O=C(/C=C/c1ccc2c(c1)OCO2)C[C@]1(O)C(=O)N(Cc2ccccc2)c2ccc(Br)cc21. The molecule has 0 saturated carbocycles. The maximum Gasteiger partial charge on any atom is 0.264 e. The van der Waals surface area contributed by atoms with Crippen LogP contribution in [-0.2, 0) is 21.7 Å². The van der Waals surface area contributed by atoms with E-state index in [1.165, 1.54) is 11.0 Å². The van der Waals surface area contributed by atoms with Crippen LogP contribution in [0.4, 0.5) is 5.69 Å². The van der Waals surface area contributed by atoms with Gasteiger partial charge in [-0.15, -0.1) is 0 Å². The molecular formula is C26H20BrNO5. The van der Waals surface area contributed by atoms with Gasteiger partial charge in [-0.3, -0.25) is 9.59 Å². The van der Waals surface area contributed by atoms with Crippen LogP contribution < -0.4 is 14.4 Å². The third kappa shape index (κ3) is 4.05. The van der Waals surface area contributed by atoms with Crippen molar-refractivity contribution in [3.63, 3.8) is 0 Å². The third-order valence-corrected chi connectivity index (χ3v) is 6.26. The van der Waals surface area contributed by atoms with E-state index in [1.54, 1.807) is 36.4 Å². The zero-order valence-electron chi connectivity index (χ0n) is 17.5. The Hall–Kier alpha value is -3.42. The normalized spacial score (nSPS) is 18.7. The summed E-state index contributed by atoms with van der Waals surface area (Å²) in [6, 6.07) is 20.2. The number of ether oxygens (including phenoxy) is 2. The van der Waals surface area contributed by atoms with Crippen molar-refractivity contribution in [1.29, 1.82) is 0 Å². The van der Waals surface area contributed by atoms with E-state index in [9.17, 15) is 14.7 Å². The van der Waals surface area contributed by atoms with E-state index in [4.69, 9.17) is 9.47 Å². The summed E-state index contributed by atoms with van der Waals surface area (Å²) in [6.45, 7) is 0.475. The number of carbonyl (C=O) groups is 2. The molecule has 166 valence electrons. The molecule has 7 heteroatoms. The highest BCUT2D eigenvalue weighted by Crippen LogP contribution is 2.44. The van der Waals surface area contributed by atoms with Crippen molar-refractivity contribution < 1.29 is 24.2 Å². The lowest BCUT2D eigenvalue weighted by molar-refractivity contribution is -0.140. The number of ketones is 1. The molecule has 0 radical (unpaired) electrons. The Bertz CT molecular complexity index is 1270. The number of benzene rings is 3. The van der Waals surface area contributed by atoms with Crippen molar-refractivity contribution in [3.8, 4) is 11.5 Å². The number of anilines is 1. The molecule has 2 heterocycles. The van der Waals surface area contributed by atoms with Crippen LogP contribution in [0.15, 0.2) is 77.3 Å². The fourth-order valence-corrected chi connectivity index (χ4v) is 4.49. The van der Waals surface area contributed by atoms with Gasteiger partial charge in [0.2, 0.25) is 6.79 Å². The first kappa shape index (κ1) is 21.4. The van der Waals surface area contributed by atoms with Crippen molar-refractivity contribution in [1.82, 2.24) is 0 Å². The van der Waals surface area contributed by atoms with Gasteiger partial charge in [0, 0.05) is 10.0 Å².